The van der Waals surface area contributed by atoms with Gasteiger partial charge in [0.2, 0.25) is 0 Å². The van der Waals surface area contributed by atoms with E-state index in [-0.39, 0.29) is 12.0 Å². The Kier molecular flexibility index (Phi) is 2.44. The Labute approximate surface area is 94.9 Å². The molecule has 1 N–H and O–H groups in total. The Balaban J connectivity index is 1.90. The molecular formula is C12H18O4. The van der Waals surface area contributed by atoms with Gasteiger partial charge in [-0.25, -0.2) is 0 Å². The Morgan fingerprint density at radius 1 is 1.25 bits per heavy atom. The van der Waals surface area contributed by atoms with Crippen LogP contribution in [0.4, 0.5) is 0 Å². The van der Waals surface area contributed by atoms with Crippen LogP contribution in [-0.4, -0.2) is 37.0 Å². The topological polar surface area (TPSA) is 55.8 Å². The lowest BCUT2D eigenvalue weighted by Gasteiger charge is -2.34. The minimum absolute atomic E-state index is 0.0586. The zero-order chi connectivity index (χ0) is 11.2. The molecule has 1 saturated carbocycles. The Morgan fingerprint density at radius 2 is 2.06 bits per heavy atom. The van der Waals surface area contributed by atoms with Crippen LogP contribution in [-0.2, 0) is 14.3 Å². The van der Waals surface area contributed by atoms with Gasteiger partial charge in [-0.05, 0) is 31.6 Å². The van der Waals surface area contributed by atoms with Crippen LogP contribution in [0.25, 0.3) is 0 Å². The molecule has 2 heterocycles. The largest absolute Gasteiger partial charge is 0.481 e. The molecule has 3 rings (SSSR count). The van der Waals surface area contributed by atoms with Crippen LogP contribution < -0.4 is 0 Å². The molecule has 0 radical (unpaired) electrons. The number of rotatable bonds is 3. The maximum absolute atomic E-state index is 11.7. The number of carbonyl (C=O) groups is 1. The first-order valence-corrected chi connectivity index (χ1v) is 6.18. The third kappa shape index (κ3) is 1.39. The molecule has 0 aromatic carbocycles. The molecule has 2 saturated heterocycles. The average molecular weight is 226 g/mol. The SMILES string of the molecule is O=C(O)C1(C2CCOC2)CCOC1C1CC1. The smallest absolute Gasteiger partial charge is 0.312 e. The van der Waals surface area contributed by atoms with Crippen LogP contribution in [0.3, 0.4) is 0 Å². The minimum atomic E-state index is -0.669. The summed E-state index contributed by atoms with van der Waals surface area (Å²) >= 11 is 0. The van der Waals surface area contributed by atoms with Crippen LogP contribution >= 0.6 is 0 Å². The Morgan fingerprint density at radius 3 is 2.62 bits per heavy atom. The summed E-state index contributed by atoms with van der Waals surface area (Å²) in [4.78, 5) is 11.7. The fraction of sp³-hybridized carbons (Fsp3) is 0.917. The van der Waals surface area contributed by atoms with E-state index in [9.17, 15) is 9.90 Å². The molecule has 0 spiro atoms. The molecule has 0 amide bonds. The van der Waals surface area contributed by atoms with Crippen molar-refractivity contribution in [2.45, 2.75) is 31.8 Å². The van der Waals surface area contributed by atoms with Crippen molar-refractivity contribution in [3.05, 3.63) is 0 Å². The van der Waals surface area contributed by atoms with Gasteiger partial charge in [-0.1, -0.05) is 0 Å². The van der Waals surface area contributed by atoms with E-state index in [4.69, 9.17) is 9.47 Å². The summed E-state index contributed by atoms with van der Waals surface area (Å²) in [5.74, 6) is -0.0327. The van der Waals surface area contributed by atoms with Gasteiger partial charge in [0.15, 0.2) is 0 Å². The lowest BCUT2D eigenvalue weighted by Crippen LogP contribution is -2.46. The normalized spacial score (nSPS) is 43.8. The first-order chi connectivity index (χ1) is 7.75. The van der Waals surface area contributed by atoms with Crippen LogP contribution in [0.2, 0.25) is 0 Å². The molecule has 16 heavy (non-hydrogen) atoms. The van der Waals surface area contributed by atoms with Crippen molar-refractivity contribution in [1.29, 1.82) is 0 Å². The van der Waals surface area contributed by atoms with Gasteiger partial charge in [0.25, 0.3) is 0 Å². The molecule has 0 aromatic rings. The second-order valence-corrected chi connectivity index (χ2v) is 5.28. The number of hydrogen-bond acceptors (Lipinski definition) is 3. The number of aliphatic carboxylic acids is 1. The van der Waals surface area contributed by atoms with Crippen molar-refractivity contribution in [2.24, 2.45) is 17.3 Å². The maximum Gasteiger partial charge on any atom is 0.312 e. The Hall–Kier alpha value is -0.610. The van der Waals surface area contributed by atoms with Gasteiger partial charge in [-0.3, -0.25) is 4.79 Å². The lowest BCUT2D eigenvalue weighted by molar-refractivity contribution is -0.158. The zero-order valence-corrected chi connectivity index (χ0v) is 9.35. The number of hydrogen-bond donors (Lipinski definition) is 1. The van der Waals surface area contributed by atoms with E-state index < -0.39 is 11.4 Å². The zero-order valence-electron chi connectivity index (χ0n) is 9.35. The molecule has 1 aliphatic carbocycles. The van der Waals surface area contributed by atoms with E-state index in [1.54, 1.807) is 0 Å². The van der Waals surface area contributed by atoms with Crippen molar-refractivity contribution in [1.82, 2.24) is 0 Å². The standard InChI is InChI=1S/C12H18O4/c13-11(14)12(9-3-5-15-7-9)4-6-16-10(12)8-1-2-8/h8-10H,1-7H2,(H,13,14). The predicted octanol–water partition coefficient (Wildman–Crippen LogP) is 1.29. The maximum atomic E-state index is 11.7. The molecule has 0 aromatic heterocycles. The minimum Gasteiger partial charge on any atom is -0.481 e. The highest BCUT2D eigenvalue weighted by molar-refractivity contribution is 5.76. The van der Waals surface area contributed by atoms with E-state index in [2.05, 4.69) is 0 Å². The van der Waals surface area contributed by atoms with Crippen LogP contribution in [0, 0.1) is 17.3 Å². The molecule has 4 nitrogen and oxygen atoms in total. The quantitative estimate of drug-likeness (QED) is 0.788. The number of ether oxygens (including phenoxy) is 2. The van der Waals surface area contributed by atoms with Crippen molar-refractivity contribution in [3.8, 4) is 0 Å². The van der Waals surface area contributed by atoms with Gasteiger partial charge in [-0.2, -0.15) is 0 Å². The molecule has 0 bridgehead atoms. The van der Waals surface area contributed by atoms with Gasteiger partial charge < -0.3 is 14.6 Å². The summed E-state index contributed by atoms with van der Waals surface area (Å²) in [6.45, 7) is 1.90. The van der Waals surface area contributed by atoms with Crippen molar-refractivity contribution >= 4 is 5.97 Å². The highest BCUT2D eigenvalue weighted by Gasteiger charge is 2.60. The van der Waals surface area contributed by atoms with E-state index in [0.717, 1.165) is 19.3 Å². The van der Waals surface area contributed by atoms with E-state index in [1.165, 1.54) is 0 Å². The van der Waals surface area contributed by atoms with Gasteiger partial charge in [0, 0.05) is 19.1 Å². The molecule has 90 valence electrons. The average Bonchev–Trinajstić information content (AvgIpc) is 2.83. The van der Waals surface area contributed by atoms with Crippen LogP contribution in [0.5, 0.6) is 0 Å². The molecule has 3 fully saturated rings. The fourth-order valence-electron chi connectivity index (χ4n) is 3.38. The van der Waals surface area contributed by atoms with E-state index in [0.29, 0.717) is 32.2 Å². The van der Waals surface area contributed by atoms with Crippen LogP contribution in [0.15, 0.2) is 0 Å². The highest BCUT2D eigenvalue weighted by Crippen LogP contribution is 2.53. The second kappa shape index (κ2) is 3.70. The highest BCUT2D eigenvalue weighted by atomic mass is 16.5. The number of carboxylic acids is 1. The third-order valence-electron chi connectivity index (χ3n) is 4.43. The van der Waals surface area contributed by atoms with Gasteiger partial charge >= 0.3 is 5.97 Å². The summed E-state index contributed by atoms with van der Waals surface area (Å²) < 4.78 is 11.1. The summed E-state index contributed by atoms with van der Waals surface area (Å²) in [6, 6.07) is 0. The van der Waals surface area contributed by atoms with Gasteiger partial charge in [0.05, 0.1) is 12.7 Å². The molecule has 4 heteroatoms. The fourth-order valence-corrected chi connectivity index (χ4v) is 3.38. The first-order valence-electron chi connectivity index (χ1n) is 6.18. The summed E-state index contributed by atoms with van der Waals surface area (Å²) in [6.07, 6.45) is 3.74. The molecule has 3 aliphatic rings. The third-order valence-corrected chi connectivity index (χ3v) is 4.43. The van der Waals surface area contributed by atoms with Gasteiger partial charge in [-0.15, -0.1) is 0 Å². The summed E-state index contributed by atoms with van der Waals surface area (Å²) in [7, 11) is 0. The van der Waals surface area contributed by atoms with Crippen molar-refractivity contribution in [2.75, 3.05) is 19.8 Å². The monoisotopic (exact) mass is 226 g/mol. The number of carboxylic acid groups (broad SMARTS) is 1. The van der Waals surface area contributed by atoms with Crippen molar-refractivity contribution < 1.29 is 19.4 Å². The Bertz CT molecular complexity index is 293. The molecule has 3 atom stereocenters. The van der Waals surface area contributed by atoms with Gasteiger partial charge in [0.1, 0.15) is 5.41 Å². The summed E-state index contributed by atoms with van der Waals surface area (Å²) in [5, 5.41) is 9.64. The van der Waals surface area contributed by atoms with E-state index >= 15 is 0 Å². The molecule has 3 unspecified atom stereocenters. The van der Waals surface area contributed by atoms with Crippen molar-refractivity contribution in [3.63, 3.8) is 0 Å². The molecular weight excluding hydrogens is 208 g/mol. The molecule has 2 aliphatic heterocycles. The van der Waals surface area contributed by atoms with Crippen LogP contribution in [0.1, 0.15) is 25.7 Å². The van der Waals surface area contributed by atoms with E-state index in [1.807, 2.05) is 0 Å². The summed E-state index contributed by atoms with van der Waals surface area (Å²) in [5.41, 5.74) is -0.655. The lowest BCUT2D eigenvalue weighted by atomic mass is 9.68. The second-order valence-electron chi connectivity index (χ2n) is 5.28. The predicted molar refractivity (Wildman–Crippen MR) is 56.1 cm³/mol. The first kappa shape index (κ1) is 10.5.